The summed E-state index contributed by atoms with van der Waals surface area (Å²) in [7, 11) is -3.62. The number of anilines is 1. The number of sulfonamides is 1. The maximum Gasteiger partial charge on any atom is 0.240 e. The highest BCUT2D eigenvalue weighted by atomic mass is 35.5. The Bertz CT molecular complexity index is 1120. The van der Waals surface area contributed by atoms with Gasteiger partial charge in [0.1, 0.15) is 5.75 Å². The number of phenols is 1. The first kappa shape index (κ1) is 20.3. The Morgan fingerprint density at radius 1 is 1.24 bits per heavy atom. The molecule has 29 heavy (non-hydrogen) atoms. The molecule has 3 N–H and O–H groups in total. The largest absolute Gasteiger partial charge is 0.506 e. The minimum Gasteiger partial charge on any atom is -0.506 e. The molecule has 0 saturated carbocycles. The SMILES string of the molecule is C=CCNS(=O)(=O)c1ccc2c(c1)C1C=CCC1C(c1cc(Cl)cc(Cl)c1O)N2. The molecule has 2 aliphatic rings. The van der Waals surface area contributed by atoms with Gasteiger partial charge in [-0.15, -0.1) is 6.58 Å². The second-order valence-electron chi connectivity index (χ2n) is 7.19. The topological polar surface area (TPSA) is 78.4 Å². The molecule has 0 aromatic heterocycles. The third-order valence-corrected chi connectivity index (χ3v) is 7.38. The molecular formula is C21H20Cl2N2O3S. The lowest BCUT2D eigenvalue weighted by molar-refractivity contribution is 0.402. The second-order valence-corrected chi connectivity index (χ2v) is 9.80. The fourth-order valence-corrected chi connectivity index (χ4v) is 5.66. The lowest BCUT2D eigenvalue weighted by atomic mass is 9.77. The molecule has 1 heterocycles. The summed E-state index contributed by atoms with van der Waals surface area (Å²) in [4.78, 5) is 0.214. The Morgan fingerprint density at radius 3 is 2.79 bits per heavy atom. The van der Waals surface area contributed by atoms with Crippen molar-refractivity contribution in [3.63, 3.8) is 0 Å². The molecule has 1 aliphatic carbocycles. The van der Waals surface area contributed by atoms with Gasteiger partial charge in [-0.2, -0.15) is 0 Å². The number of nitrogens with one attached hydrogen (secondary N) is 2. The fourth-order valence-electron chi connectivity index (χ4n) is 4.12. The predicted molar refractivity (Wildman–Crippen MR) is 116 cm³/mol. The quantitative estimate of drug-likeness (QED) is 0.560. The van der Waals surface area contributed by atoms with Crippen molar-refractivity contribution in [1.29, 1.82) is 0 Å². The summed E-state index contributed by atoms with van der Waals surface area (Å²) >= 11 is 12.3. The average molecular weight is 451 g/mol. The molecular weight excluding hydrogens is 431 g/mol. The van der Waals surface area contributed by atoms with E-state index in [1.54, 1.807) is 24.3 Å². The zero-order chi connectivity index (χ0) is 20.8. The molecule has 0 radical (unpaired) electrons. The summed E-state index contributed by atoms with van der Waals surface area (Å²) in [6.45, 7) is 3.71. The maximum atomic E-state index is 12.5. The summed E-state index contributed by atoms with van der Waals surface area (Å²) in [5.74, 6) is 0.125. The van der Waals surface area contributed by atoms with Crippen molar-refractivity contribution in [2.24, 2.45) is 5.92 Å². The predicted octanol–water partition coefficient (Wildman–Crippen LogP) is 4.99. The lowest BCUT2D eigenvalue weighted by Crippen LogP contribution is -2.30. The molecule has 0 bridgehead atoms. The zero-order valence-corrected chi connectivity index (χ0v) is 17.7. The van der Waals surface area contributed by atoms with Gasteiger partial charge >= 0.3 is 0 Å². The first-order chi connectivity index (χ1) is 13.8. The van der Waals surface area contributed by atoms with Gasteiger partial charge in [-0.05, 0) is 48.2 Å². The van der Waals surface area contributed by atoms with Gasteiger partial charge in [0.2, 0.25) is 10.0 Å². The van der Waals surface area contributed by atoms with E-state index in [4.69, 9.17) is 23.2 Å². The summed E-state index contributed by atoms with van der Waals surface area (Å²) < 4.78 is 27.5. The van der Waals surface area contributed by atoms with E-state index in [1.165, 1.54) is 12.1 Å². The van der Waals surface area contributed by atoms with Crippen molar-refractivity contribution in [3.05, 3.63) is 76.3 Å². The molecule has 2 aromatic carbocycles. The average Bonchev–Trinajstić information content (AvgIpc) is 3.18. The Morgan fingerprint density at radius 2 is 2.03 bits per heavy atom. The minimum absolute atomic E-state index is 0.00971. The molecule has 1 aliphatic heterocycles. The summed E-state index contributed by atoms with van der Waals surface area (Å²) in [6, 6.07) is 8.06. The van der Waals surface area contributed by atoms with E-state index in [2.05, 4.69) is 28.8 Å². The summed E-state index contributed by atoms with van der Waals surface area (Å²) in [5, 5.41) is 14.6. The fraction of sp³-hybridized carbons (Fsp3) is 0.238. The molecule has 5 nitrogen and oxygen atoms in total. The number of fused-ring (bicyclic) bond motifs is 3. The Kier molecular flexibility index (Phi) is 5.38. The molecule has 0 spiro atoms. The third-order valence-electron chi connectivity index (χ3n) is 5.45. The Hall–Kier alpha value is -1.99. The van der Waals surface area contributed by atoms with Crippen molar-refractivity contribution in [2.75, 3.05) is 11.9 Å². The molecule has 8 heteroatoms. The van der Waals surface area contributed by atoms with Crippen LogP contribution < -0.4 is 10.0 Å². The number of halogens is 2. The molecule has 4 rings (SSSR count). The van der Waals surface area contributed by atoms with Crippen LogP contribution in [0.1, 0.15) is 29.5 Å². The Balaban J connectivity index is 1.76. The molecule has 3 atom stereocenters. The first-order valence-electron chi connectivity index (χ1n) is 9.17. The van der Waals surface area contributed by atoms with Crippen LogP contribution in [0.2, 0.25) is 10.0 Å². The summed E-state index contributed by atoms with van der Waals surface area (Å²) in [6.07, 6.45) is 6.46. The number of aromatic hydroxyl groups is 1. The van der Waals surface area contributed by atoms with E-state index in [1.807, 2.05) is 0 Å². The minimum atomic E-state index is -3.62. The highest BCUT2D eigenvalue weighted by Gasteiger charge is 2.39. The van der Waals surface area contributed by atoms with Crippen LogP contribution in [0.15, 0.2) is 60.0 Å². The summed E-state index contributed by atoms with van der Waals surface area (Å²) in [5.41, 5.74) is 2.37. The van der Waals surface area contributed by atoms with Gasteiger partial charge in [-0.25, -0.2) is 13.1 Å². The molecule has 152 valence electrons. The van der Waals surface area contributed by atoms with Crippen LogP contribution in [-0.4, -0.2) is 20.1 Å². The normalized spacial score (nSPS) is 22.6. The smallest absolute Gasteiger partial charge is 0.240 e. The highest BCUT2D eigenvalue weighted by Crippen LogP contribution is 2.52. The van der Waals surface area contributed by atoms with Crippen LogP contribution in [-0.2, 0) is 10.0 Å². The third kappa shape index (κ3) is 3.66. The lowest BCUT2D eigenvalue weighted by Gasteiger charge is -2.38. The van der Waals surface area contributed by atoms with Gasteiger partial charge in [0.15, 0.2) is 0 Å². The molecule has 2 aromatic rings. The van der Waals surface area contributed by atoms with E-state index >= 15 is 0 Å². The number of allylic oxidation sites excluding steroid dienone is 2. The molecule has 0 fully saturated rings. The maximum absolute atomic E-state index is 12.5. The van der Waals surface area contributed by atoms with Crippen LogP contribution in [0.25, 0.3) is 0 Å². The standard InChI is InChI=1S/C21H20Cl2N2O3S/c1-2-8-24-29(27,28)13-6-7-19-16(11-13)14-4-3-5-15(14)20(25-19)17-9-12(22)10-18(23)21(17)26/h2-4,6-7,9-11,14-15,20,24-26H,1,5,8H2. The van der Waals surface area contributed by atoms with Crippen molar-refractivity contribution in [2.45, 2.75) is 23.3 Å². The highest BCUT2D eigenvalue weighted by molar-refractivity contribution is 7.89. The van der Waals surface area contributed by atoms with E-state index < -0.39 is 10.0 Å². The van der Waals surface area contributed by atoms with Gasteiger partial charge in [-0.3, -0.25) is 0 Å². The van der Waals surface area contributed by atoms with Gasteiger partial charge in [-0.1, -0.05) is 41.4 Å². The van der Waals surface area contributed by atoms with Crippen LogP contribution in [0.4, 0.5) is 5.69 Å². The van der Waals surface area contributed by atoms with Crippen LogP contribution in [0.3, 0.4) is 0 Å². The van der Waals surface area contributed by atoms with Crippen LogP contribution in [0, 0.1) is 5.92 Å². The zero-order valence-electron chi connectivity index (χ0n) is 15.4. The second kappa shape index (κ2) is 7.69. The van der Waals surface area contributed by atoms with Gasteiger partial charge in [0.25, 0.3) is 0 Å². The molecule has 0 saturated heterocycles. The van der Waals surface area contributed by atoms with Crippen LogP contribution >= 0.6 is 23.2 Å². The number of phenolic OH excluding ortho intramolecular Hbond substituents is 1. The van der Waals surface area contributed by atoms with Crippen molar-refractivity contribution in [3.8, 4) is 5.75 Å². The van der Waals surface area contributed by atoms with E-state index in [-0.39, 0.29) is 40.1 Å². The van der Waals surface area contributed by atoms with Gasteiger partial charge in [0.05, 0.1) is 16.0 Å². The van der Waals surface area contributed by atoms with Crippen molar-refractivity contribution < 1.29 is 13.5 Å². The number of benzene rings is 2. The Labute approximate surface area is 180 Å². The van der Waals surface area contributed by atoms with Crippen LogP contribution in [0.5, 0.6) is 5.75 Å². The van der Waals surface area contributed by atoms with E-state index in [9.17, 15) is 13.5 Å². The van der Waals surface area contributed by atoms with Crippen molar-refractivity contribution >= 4 is 38.9 Å². The monoisotopic (exact) mass is 450 g/mol. The first-order valence-corrected chi connectivity index (χ1v) is 11.4. The molecule has 3 unspecified atom stereocenters. The number of rotatable bonds is 5. The van der Waals surface area contributed by atoms with E-state index in [0.717, 1.165) is 17.7 Å². The van der Waals surface area contributed by atoms with Gasteiger partial charge < -0.3 is 10.4 Å². The van der Waals surface area contributed by atoms with E-state index in [0.29, 0.717) is 10.6 Å². The van der Waals surface area contributed by atoms with Crippen molar-refractivity contribution in [1.82, 2.24) is 4.72 Å². The molecule has 0 amide bonds. The number of hydrogen-bond acceptors (Lipinski definition) is 4. The number of hydrogen-bond donors (Lipinski definition) is 3. The van der Waals surface area contributed by atoms with Gasteiger partial charge in [0, 0.05) is 28.7 Å².